The molecular weight excluding hydrogens is 400 g/mol. The average molecular weight is 435 g/mol. The van der Waals surface area contributed by atoms with Gasteiger partial charge < -0.3 is 19.9 Å². The van der Waals surface area contributed by atoms with Crippen molar-refractivity contribution in [1.82, 2.24) is 25.1 Å². The predicted octanol–water partition coefficient (Wildman–Crippen LogP) is 3.47. The molecule has 1 atom stereocenters. The lowest BCUT2D eigenvalue weighted by atomic mass is 10.0. The zero-order chi connectivity index (χ0) is 22.3. The van der Waals surface area contributed by atoms with Gasteiger partial charge in [-0.3, -0.25) is 9.89 Å². The minimum Gasteiger partial charge on any atom is -0.497 e. The lowest BCUT2D eigenvalue weighted by molar-refractivity contribution is 0.164. The van der Waals surface area contributed by atoms with Crippen molar-refractivity contribution < 1.29 is 4.74 Å². The number of para-hydroxylation sites is 2. The fourth-order valence-corrected chi connectivity index (χ4v) is 4.44. The van der Waals surface area contributed by atoms with Gasteiger partial charge in [-0.1, -0.05) is 30.7 Å². The monoisotopic (exact) mass is 434 g/mol. The van der Waals surface area contributed by atoms with E-state index in [9.17, 15) is 0 Å². The Hall–Kier alpha value is -3.06. The number of ether oxygens (including phenoxy) is 1. The molecule has 0 spiro atoms. The third-order valence-electron chi connectivity index (χ3n) is 6.31. The number of hydrogen-bond acceptors (Lipinski definition) is 4. The van der Waals surface area contributed by atoms with Gasteiger partial charge in [0.05, 0.1) is 30.7 Å². The maximum absolute atomic E-state index is 5.35. The van der Waals surface area contributed by atoms with Crippen molar-refractivity contribution in [3.8, 4) is 5.75 Å². The Morgan fingerprint density at radius 1 is 1.06 bits per heavy atom. The highest BCUT2D eigenvalue weighted by Gasteiger charge is 2.22. The van der Waals surface area contributed by atoms with E-state index in [0.717, 1.165) is 48.2 Å². The van der Waals surface area contributed by atoms with Crippen molar-refractivity contribution in [2.75, 3.05) is 33.8 Å². The molecule has 0 bridgehead atoms. The van der Waals surface area contributed by atoms with Crippen LogP contribution in [-0.4, -0.2) is 54.2 Å². The van der Waals surface area contributed by atoms with Crippen molar-refractivity contribution in [2.45, 2.75) is 31.8 Å². The van der Waals surface area contributed by atoms with Gasteiger partial charge in [0.1, 0.15) is 11.6 Å². The molecular formula is C25H34N6O. The van der Waals surface area contributed by atoms with Gasteiger partial charge in [0.15, 0.2) is 5.96 Å². The Kier molecular flexibility index (Phi) is 7.27. The molecule has 1 aliphatic rings. The summed E-state index contributed by atoms with van der Waals surface area (Å²) in [7, 11) is 5.57. The molecule has 4 rings (SSSR count). The van der Waals surface area contributed by atoms with Gasteiger partial charge in [0.25, 0.3) is 0 Å². The number of nitrogens with one attached hydrogen (secondary N) is 2. The lowest BCUT2D eigenvalue weighted by Gasteiger charge is -2.35. The van der Waals surface area contributed by atoms with E-state index in [0.29, 0.717) is 6.54 Å². The molecule has 0 amide bonds. The molecule has 2 N–H and O–H groups in total. The quantitative estimate of drug-likeness (QED) is 0.440. The van der Waals surface area contributed by atoms with E-state index >= 15 is 0 Å². The van der Waals surface area contributed by atoms with Crippen LogP contribution >= 0.6 is 0 Å². The molecule has 170 valence electrons. The van der Waals surface area contributed by atoms with Gasteiger partial charge in [-0.2, -0.15) is 0 Å². The number of aryl methyl sites for hydroxylation is 1. The smallest absolute Gasteiger partial charge is 0.191 e. The number of piperidine rings is 1. The summed E-state index contributed by atoms with van der Waals surface area (Å²) < 4.78 is 7.48. The van der Waals surface area contributed by atoms with Crippen LogP contribution < -0.4 is 15.4 Å². The molecule has 7 heteroatoms. The second kappa shape index (κ2) is 10.5. The normalized spacial score (nSPS) is 16.2. The molecule has 1 fully saturated rings. The minimum atomic E-state index is 0.288. The Balaban J connectivity index is 1.42. The van der Waals surface area contributed by atoms with Crippen LogP contribution in [0.3, 0.4) is 0 Å². The summed E-state index contributed by atoms with van der Waals surface area (Å²) in [6, 6.07) is 16.9. The highest BCUT2D eigenvalue weighted by Crippen LogP contribution is 2.26. The Morgan fingerprint density at radius 3 is 2.50 bits per heavy atom. The standard InChI is InChI=1S/C25H34N6O/c1-26-25(28-18-24-29-21-9-5-6-10-22(21)30(24)2)27-17-23(31-15-7-4-8-16-31)19-11-13-20(32-3)14-12-19/h5-6,9-14,23H,4,7-8,15-18H2,1-3H3,(H2,26,27,28). The number of aliphatic imine (C=N–C) groups is 1. The number of rotatable bonds is 7. The molecule has 0 aliphatic carbocycles. The van der Waals surface area contributed by atoms with E-state index in [1.54, 1.807) is 7.11 Å². The summed E-state index contributed by atoms with van der Waals surface area (Å²) in [4.78, 5) is 11.8. The second-order valence-electron chi connectivity index (χ2n) is 8.27. The average Bonchev–Trinajstić information content (AvgIpc) is 3.17. The first-order chi connectivity index (χ1) is 15.7. The van der Waals surface area contributed by atoms with Gasteiger partial charge in [0.2, 0.25) is 0 Å². The molecule has 0 radical (unpaired) electrons. The molecule has 1 aliphatic heterocycles. The van der Waals surface area contributed by atoms with Crippen LogP contribution in [0.1, 0.15) is 36.7 Å². The largest absolute Gasteiger partial charge is 0.497 e. The van der Waals surface area contributed by atoms with E-state index in [-0.39, 0.29) is 6.04 Å². The third kappa shape index (κ3) is 5.05. The second-order valence-corrected chi connectivity index (χ2v) is 8.27. The van der Waals surface area contributed by atoms with Crippen LogP contribution in [0, 0.1) is 0 Å². The third-order valence-corrected chi connectivity index (χ3v) is 6.31. The van der Waals surface area contributed by atoms with Gasteiger partial charge in [-0.25, -0.2) is 4.98 Å². The van der Waals surface area contributed by atoms with Crippen LogP contribution in [0.4, 0.5) is 0 Å². The Labute approximate surface area is 190 Å². The van der Waals surface area contributed by atoms with E-state index in [1.165, 1.54) is 24.8 Å². The summed E-state index contributed by atoms with van der Waals surface area (Å²) >= 11 is 0. The van der Waals surface area contributed by atoms with Crippen molar-refractivity contribution in [3.63, 3.8) is 0 Å². The van der Waals surface area contributed by atoms with E-state index < -0.39 is 0 Å². The van der Waals surface area contributed by atoms with Crippen molar-refractivity contribution in [1.29, 1.82) is 0 Å². The maximum atomic E-state index is 5.35. The van der Waals surface area contributed by atoms with Crippen LogP contribution in [0.5, 0.6) is 5.75 Å². The highest BCUT2D eigenvalue weighted by molar-refractivity contribution is 5.80. The maximum Gasteiger partial charge on any atom is 0.191 e. The number of aromatic nitrogens is 2. The summed E-state index contributed by atoms with van der Waals surface area (Å²) in [6.07, 6.45) is 3.83. The van der Waals surface area contributed by atoms with Crippen molar-refractivity contribution in [2.24, 2.45) is 12.0 Å². The predicted molar refractivity (Wildman–Crippen MR) is 130 cm³/mol. The van der Waals surface area contributed by atoms with Crippen LogP contribution in [-0.2, 0) is 13.6 Å². The van der Waals surface area contributed by atoms with E-state index in [1.807, 2.05) is 37.4 Å². The zero-order valence-corrected chi connectivity index (χ0v) is 19.3. The summed E-state index contributed by atoms with van der Waals surface area (Å²) in [5, 5.41) is 6.98. The van der Waals surface area contributed by atoms with Crippen molar-refractivity contribution >= 4 is 17.0 Å². The number of hydrogen-bond donors (Lipinski definition) is 2. The SMILES string of the molecule is CN=C(NCc1nc2ccccc2n1C)NCC(c1ccc(OC)cc1)N1CCCCC1. The van der Waals surface area contributed by atoms with Crippen molar-refractivity contribution in [3.05, 3.63) is 59.9 Å². The molecule has 2 heterocycles. The van der Waals surface area contributed by atoms with E-state index in [2.05, 4.69) is 50.3 Å². The number of methoxy groups -OCH3 is 1. The topological polar surface area (TPSA) is 66.7 Å². The van der Waals surface area contributed by atoms with Gasteiger partial charge in [-0.05, 0) is 55.8 Å². The first kappa shape index (κ1) is 22.1. The Morgan fingerprint density at radius 2 is 1.81 bits per heavy atom. The van der Waals surface area contributed by atoms with Crippen LogP contribution in [0.15, 0.2) is 53.5 Å². The number of nitrogens with zero attached hydrogens (tertiary/aromatic N) is 4. The first-order valence-corrected chi connectivity index (χ1v) is 11.4. The van der Waals surface area contributed by atoms with Gasteiger partial charge in [-0.15, -0.1) is 0 Å². The van der Waals surface area contributed by atoms with Gasteiger partial charge in [0, 0.05) is 20.6 Å². The summed E-state index contributed by atoms with van der Waals surface area (Å²) in [5.41, 5.74) is 3.45. The zero-order valence-electron chi connectivity index (χ0n) is 19.3. The molecule has 1 unspecified atom stereocenters. The molecule has 1 aromatic heterocycles. The van der Waals surface area contributed by atoms with Gasteiger partial charge >= 0.3 is 0 Å². The lowest BCUT2D eigenvalue weighted by Crippen LogP contribution is -2.44. The van der Waals surface area contributed by atoms with E-state index in [4.69, 9.17) is 9.72 Å². The minimum absolute atomic E-state index is 0.288. The highest BCUT2D eigenvalue weighted by atomic mass is 16.5. The van der Waals surface area contributed by atoms with Crippen LogP contribution in [0.25, 0.3) is 11.0 Å². The van der Waals surface area contributed by atoms with Crippen LogP contribution in [0.2, 0.25) is 0 Å². The molecule has 1 saturated heterocycles. The first-order valence-electron chi connectivity index (χ1n) is 11.4. The fraction of sp³-hybridized carbons (Fsp3) is 0.440. The number of fused-ring (bicyclic) bond motifs is 1. The molecule has 32 heavy (non-hydrogen) atoms. The number of imidazole rings is 1. The number of likely N-dealkylation sites (tertiary alicyclic amines) is 1. The summed E-state index contributed by atoms with van der Waals surface area (Å²) in [5.74, 6) is 2.66. The molecule has 7 nitrogen and oxygen atoms in total. The number of guanidine groups is 1. The molecule has 0 saturated carbocycles. The number of benzene rings is 2. The summed E-state index contributed by atoms with van der Waals surface area (Å²) in [6.45, 7) is 3.66. The molecule has 2 aromatic carbocycles. The molecule has 3 aromatic rings. The fourth-order valence-electron chi connectivity index (χ4n) is 4.44. The Bertz CT molecular complexity index is 1040.